The smallest absolute Gasteiger partial charge is 0.237 e. The van der Waals surface area contributed by atoms with Gasteiger partial charge in [0.25, 0.3) is 0 Å². The Bertz CT molecular complexity index is 1720. The molecular weight excluding hydrogens is 595 g/mol. The summed E-state index contributed by atoms with van der Waals surface area (Å²) in [6.07, 6.45) is 3.59. The first-order chi connectivity index (χ1) is 21.3. The fourth-order valence-electron chi connectivity index (χ4n) is 6.98. The van der Waals surface area contributed by atoms with Crippen molar-refractivity contribution in [3.63, 3.8) is 0 Å². The highest BCUT2D eigenvalue weighted by atomic mass is 35.5. The van der Waals surface area contributed by atoms with Gasteiger partial charge in [0.1, 0.15) is 11.4 Å². The molecule has 0 amide bonds. The summed E-state index contributed by atoms with van der Waals surface area (Å²) in [4.78, 5) is 14.1. The van der Waals surface area contributed by atoms with Crippen molar-refractivity contribution in [2.45, 2.75) is 38.5 Å². The number of nitrogens with zero attached hydrogens (tertiary/aromatic N) is 4. The minimum atomic E-state index is -0.281. The second kappa shape index (κ2) is 12.0. The van der Waals surface area contributed by atoms with Gasteiger partial charge >= 0.3 is 0 Å². The quantitative estimate of drug-likeness (QED) is 0.227. The van der Waals surface area contributed by atoms with E-state index in [1.165, 1.54) is 11.1 Å². The molecule has 1 N–H and O–H groups in total. The first kappa shape index (κ1) is 29.5. The molecule has 7 nitrogen and oxygen atoms in total. The highest BCUT2D eigenvalue weighted by Crippen LogP contribution is 2.48. The van der Waals surface area contributed by atoms with Gasteiger partial charge in [-0.1, -0.05) is 72.6 Å². The van der Waals surface area contributed by atoms with Gasteiger partial charge in [0, 0.05) is 66.6 Å². The van der Waals surface area contributed by atoms with Gasteiger partial charge in [-0.15, -0.1) is 0 Å². The van der Waals surface area contributed by atoms with Crippen molar-refractivity contribution in [3.8, 4) is 45.1 Å². The van der Waals surface area contributed by atoms with Gasteiger partial charge in [-0.05, 0) is 36.0 Å². The highest BCUT2D eigenvalue weighted by molar-refractivity contribution is 6.39. The number of aromatic nitrogens is 2. The maximum absolute atomic E-state index is 9.63. The monoisotopic (exact) mass is 630 g/mol. The predicted octanol–water partition coefficient (Wildman–Crippen LogP) is 6.92. The molecule has 228 valence electrons. The van der Waals surface area contributed by atoms with Crippen LogP contribution in [0.4, 0.5) is 0 Å². The van der Waals surface area contributed by atoms with Crippen LogP contribution >= 0.6 is 23.2 Å². The van der Waals surface area contributed by atoms with Crippen LogP contribution in [-0.2, 0) is 13.0 Å². The van der Waals surface area contributed by atoms with Gasteiger partial charge in [0.05, 0.1) is 42.3 Å². The van der Waals surface area contributed by atoms with Crippen LogP contribution in [0, 0.1) is 5.92 Å². The van der Waals surface area contributed by atoms with Gasteiger partial charge in [0.15, 0.2) is 0 Å². The Labute approximate surface area is 268 Å². The minimum Gasteiger partial charge on any atom is -0.496 e. The fourth-order valence-corrected chi connectivity index (χ4v) is 7.64. The normalized spacial score (nSPS) is 19.0. The van der Waals surface area contributed by atoms with E-state index < -0.39 is 0 Å². The number of hydrogen-bond acceptors (Lipinski definition) is 7. The number of likely N-dealkylation sites (tertiary alicyclic amines) is 2. The van der Waals surface area contributed by atoms with Crippen LogP contribution in [0.5, 0.6) is 11.6 Å². The molecule has 1 atom stereocenters. The number of β-amino-alcohol motifs (C(OH)–C–C–N with tert-alkyl or cyclic N) is 1. The Morgan fingerprint density at radius 3 is 2.25 bits per heavy atom. The highest BCUT2D eigenvalue weighted by Gasteiger charge is 2.37. The second-order valence-corrected chi connectivity index (χ2v) is 13.0. The number of hydrogen-bond donors (Lipinski definition) is 1. The first-order valence-corrected chi connectivity index (χ1v) is 15.9. The van der Waals surface area contributed by atoms with Gasteiger partial charge < -0.3 is 14.6 Å². The number of aliphatic hydroxyl groups is 1. The zero-order chi connectivity index (χ0) is 30.5. The SMILES string of the molecule is COc1cc(-c2cccc(-c3cccc(-c4cnc(CN5CC(O)C5)c(OC)n4)c3Cl)c2Cl)cc2c1[C@H](N1CC(C)C1)CC2. The lowest BCUT2D eigenvalue weighted by Gasteiger charge is -2.42. The number of aliphatic hydroxyl groups excluding tert-OH is 1. The van der Waals surface area contributed by atoms with Crippen LogP contribution in [0.25, 0.3) is 33.5 Å². The van der Waals surface area contributed by atoms with E-state index in [1.807, 2.05) is 30.3 Å². The van der Waals surface area contributed by atoms with Crippen molar-refractivity contribution in [1.82, 2.24) is 19.8 Å². The maximum atomic E-state index is 9.63. The summed E-state index contributed by atoms with van der Waals surface area (Å²) in [6.45, 7) is 6.42. The van der Waals surface area contributed by atoms with E-state index in [1.54, 1.807) is 20.4 Å². The van der Waals surface area contributed by atoms with Crippen LogP contribution in [-0.4, -0.2) is 71.4 Å². The van der Waals surface area contributed by atoms with Crippen LogP contribution in [0.3, 0.4) is 0 Å². The van der Waals surface area contributed by atoms with Crippen LogP contribution in [0.15, 0.2) is 54.7 Å². The zero-order valence-electron chi connectivity index (χ0n) is 25.2. The molecule has 3 aromatic carbocycles. The summed E-state index contributed by atoms with van der Waals surface area (Å²) >= 11 is 14.3. The molecule has 7 rings (SSSR count). The Morgan fingerprint density at radius 2 is 1.59 bits per heavy atom. The molecular formula is C35H36Cl2N4O3. The van der Waals surface area contributed by atoms with Gasteiger partial charge in [-0.2, -0.15) is 0 Å². The molecule has 4 aromatic rings. The molecule has 3 heterocycles. The average Bonchev–Trinajstić information content (AvgIpc) is 3.42. The number of methoxy groups -OCH3 is 2. The van der Waals surface area contributed by atoms with Crippen molar-refractivity contribution in [2.24, 2.45) is 5.92 Å². The molecule has 1 aromatic heterocycles. The van der Waals surface area contributed by atoms with Crippen molar-refractivity contribution >= 4 is 23.2 Å². The molecule has 0 unspecified atom stereocenters. The lowest BCUT2D eigenvalue weighted by atomic mass is 9.93. The van der Waals surface area contributed by atoms with Crippen molar-refractivity contribution in [3.05, 3.63) is 81.6 Å². The molecule has 0 bridgehead atoms. The predicted molar refractivity (Wildman–Crippen MR) is 175 cm³/mol. The minimum absolute atomic E-state index is 0.281. The number of rotatable bonds is 8. The molecule has 9 heteroatoms. The molecule has 3 aliphatic rings. The van der Waals surface area contributed by atoms with E-state index in [-0.39, 0.29) is 6.10 Å². The van der Waals surface area contributed by atoms with Crippen molar-refractivity contribution in [1.29, 1.82) is 0 Å². The Balaban J connectivity index is 1.22. The largest absolute Gasteiger partial charge is 0.496 e. The molecule has 0 radical (unpaired) electrons. The Hall–Kier alpha value is -3.20. The zero-order valence-corrected chi connectivity index (χ0v) is 26.7. The molecule has 2 aliphatic heterocycles. The van der Waals surface area contributed by atoms with E-state index in [9.17, 15) is 5.11 Å². The summed E-state index contributed by atoms with van der Waals surface area (Å²) in [5.41, 5.74) is 8.39. The van der Waals surface area contributed by atoms with Gasteiger partial charge in [-0.25, -0.2) is 4.98 Å². The topological polar surface area (TPSA) is 71.0 Å². The Morgan fingerprint density at radius 1 is 0.909 bits per heavy atom. The third-order valence-corrected chi connectivity index (χ3v) is 10.0. The molecule has 2 saturated heterocycles. The molecule has 0 spiro atoms. The van der Waals surface area contributed by atoms with Crippen LogP contribution < -0.4 is 9.47 Å². The van der Waals surface area contributed by atoms with E-state index >= 15 is 0 Å². The number of ether oxygens (including phenoxy) is 2. The third-order valence-electron chi connectivity index (χ3n) is 9.19. The first-order valence-electron chi connectivity index (χ1n) is 15.2. The van der Waals surface area contributed by atoms with Crippen LogP contribution in [0.1, 0.15) is 36.2 Å². The standard InChI is InChI=1S/C35H36Cl2N4O3/c1-20-15-41(16-20)30-11-10-21-12-22(13-31(43-2)32(21)30)24-6-4-7-25(33(24)36)26-8-5-9-27(34(26)37)28-14-38-29(35(39-28)44-3)19-40-17-23(42)18-40/h4-9,12-14,20,23,30,42H,10-11,15-19H2,1-3H3/t30-/m1/s1. The van der Waals surface area contributed by atoms with Crippen LogP contribution in [0.2, 0.25) is 10.0 Å². The van der Waals surface area contributed by atoms with Crippen molar-refractivity contribution in [2.75, 3.05) is 40.4 Å². The maximum Gasteiger partial charge on any atom is 0.237 e. The number of fused-ring (bicyclic) bond motifs is 1. The van der Waals surface area contributed by atoms with E-state index in [0.717, 1.165) is 71.1 Å². The van der Waals surface area contributed by atoms with E-state index in [0.29, 0.717) is 47.3 Å². The van der Waals surface area contributed by atoms with E-state index in [4.69, 9.17) is 37.7 Å². The average molecular weight is 632 g/mol. The molecule has 1 aliphatic carbocycles. The van der Waals surface area contributed by atoms with E-state index in [2.05, 4.69) is 39.9 Å². The molecule has 2 fully saturated rings. The number of aryl methyl sites for hydroxylation is 1. The summed E-state index contributed by atoms with van der Waals surface area (Å²) < 4.78 is 11.6. The lowest BCUT2D eigenvalue weighted by Crippen LogP contribution is -2.50. The summed E-state index contributed by atoms with van der Waals surface area (Å²) in [6, 6.07) is 16.8. The summed E-state index contributed by atoms with van der Waals surface area (Å²) in [5.74, 6) is 2.14. The Kier molecular flexibility index (Phi) is 8.02. The lowest BCUT2D eigenvalue weighted by molar-refractivity contribution is -0.00402. The summed E-state index contributed by atoms with van der Waals surface area (Å²) in [5, 5.41) is 10.8. The van der Waals surface area contributed by atoms with Crippen molar-refractivity contribution < 1.29 is 14.6 Å². The number of benzene rings is 3. The third kappa shape index (κ3) is 5.25. The van der Waals surface area contributed by atoms with Gasteiger partial charge in [-0.3, -0.25) is 14.8 Å². The number of halogens is 2. The molecule has 0 saturated carbocycles. The summed E-state index contributed by atoms with van der Waals surface area (Å²) in [7, 11) is 3.35. The molecule has 44 heavy (non-hydrogen) atoms. The second-order valence-electron chi connectivity index (χ2n) is 12.3. The fraction of sp³-hybridized carbons (Fsp3) is 0.371. The van der Waals surface area contributed by atoms with Gasteiger partial charge in [0.2, 0.25) is 5.88 Å².